The second-order valence-electron chi connectivity index (χ2n) is 3.97. The van der Waals surface area contributed by atoms with E-state index in [2.05, 4.69) is 11.8 Å². The molecule has 0 rings (SSSR count). The molecule has 0 saturated heterocycles. The van der Waals surface area contributed by atoms with Gasteiger partial charge in [-0.3, -0.25) is 4.90 Å². The van der Waals surface area contributed by atoms with E-state index in [1.807, 2.05) is 13.8 Å². The average Bonchev–Trinajstić information content (AvgIpc) is 2.36. The van der Waals surface area contributed by atoms with E-state index in [1.165, 1.54) is 0 Å². The zero-order valence-corrected chi connectivity index (χ0v) is 12.9. The number of rotatable bonds is 12. The quantitative estimate of drug-likeness (QED) is 0.510. The molecule has 0 aliphatic heterocycles. The number of aliphatic hydroxyl groups is 2. The third-order valence-electron chi connectivity index (χ3n) is 2.62. The van der Waals surface area contributed by atoms with Crippen molar-refractivity contribution in [1.82, 2.24) is 4.90 Å². The van der Waals surface area contributed by atoms with E-state index in [0.29, 0.717) is 26.3 Å². The standard InChI is InChI=1S/C12H28NO4Si/c1-4-7-12(13(8-10-14)9-11-15)18(16-5-2)17-6-3/h12,14-15H,4-11H2,1-3H3. The molecule has 0 bridgehead atoms. The van der Waals surface area contributed by atoms with E-state index in [1.54, 1.807) is 0 Å². The van der Waals surface area contributed by atoms with E-state index in [-0.39, 0.29) is 18.9 Å². The highest BCUT2D eigenvalue weighted by molar-refractivity contribution is 6.46. The lowest BCUT2D eigenvalue weighted by Gasteiger charge is -2.33. The van der Waals surface area contributed by atoms with Crippen molar-refractivity contribution in [1.29, 1.82) is 0 Å². The van der Waals surface area contributed by atoms with E-state index >= 15 is 0 Å². The smallest absolute Gasteiger partial charge is 0.395 e. The number of nitrogens with zero attached hydrogens (tertiary/aromatic N) is 1. The first kappa shape index (κ1) is 18.0. The van der Waals surface area contributed by atoms with Gasteiger partial charge in [0.2, 0.25) is 0 Å². The fourth-order valence-corrected chi connectivity index (χ4v) is 4.04. The molecule has 0 aliphatic carbocycles. The van der Waals surface area contributed by atoms with E-state index in [4.69, 9.17) is 19.1 Å². The van der Waals surface area contributed by atoms with Crippen molar-refractivity contribution in [3.63, 3.8) is 0 Å². The Morgan fingerprint density at radius 1 is 1.00 bits per heavy atom. The topological polar surface area (TPSA) is 62.2 Å². The predicted molar refractivity (Wildman–Crippen MR) is 73.4 cm³/mol. The molecule has 0 aromatic carbocycles. The maximum Gasteiger partial charge on any atom is 0.403 e. The maximum atomic E-state index is 9.13. The van der Waals surface area contributed by atoms with Crippen molar-refractivity contribution in [2.45, 2.75) is 39.3 Å². The minimum absolute atomic E-state index is 0.0909. The zero-order chi connectivity index (χ0) is 13.8. The Morgan fingerprint density at radius 2 is 1.50 bits per heavy atom. The van der Waals surface area contributed by atoms with Crippen LogP contribution in [0.15, 0.2) is 0 Å². The molecule has 0 saturated carbocycles. The zero-order valence-electron chi connectivity index (χ0n) is 11.9. The molecule has 0 heterocycles. The van der Waals surface area contributed by atoms with Crippen molar-refractivity contribution >= 4 is 9.28 Å². The van der Waals surface area contributed by atoms with Gasteiger partial charge in [0.25, 0.3) is 0 Å². The third kappa shape index (κ3) is 6.82. The van der Waals surface area contributed by atoms with Crippen molar-refractivity contribution in [3.8, 4) is 0 Å². The SMILES string of the molecule is CCCC(N(CCO)CCO)[Si](OCC)OCC. The van der Waals surface area contributed by atoms with Crippen LogP contribution in [0.4, 0.5) is 0 Å². The fourth-order valence-electron chi connectivity index (χ4n) is 1.92. The predicted octanol–water partition coefficient (Wildman–Crippen LogP) is 0.542. The van der Waals surface area contributed by atoms with Crippen LogP contribution in [0.1, 0.15) is 33.6 Å². The molecule has 5 nitrogen and oxygen atoms in total. The van der Waals surface area contributed by atoms with Gasteiger partial charge in [0.05, 0.1) is 18.9 Å². The number of aliphatic hydroxyl groups excluding tert-OH is 2. The molecule has 1 unspecified atom stereocenters. The first-order chi connectivity index (χ1) is 8.74. The lowest BCUT2D eigenvalue weighted by molar-refractivity contribution is 0.110. The lowest BCUT2D eigenvalue weighted by Crippen LogP contribution is -2.51. The molecular weight excluding hydrogens is 250 g/mol. The van der Waals surface area contributed by atoms with E-state index in [0.717, 1.165) is 12.8 Å². The van der Waals surface area contributed by atoms with Gasteiger partial charge in [-0.2, -0.15) is 0 Å². The summed E-state index contributed by atoms with van der Waals surface area (Å²) in [7, 11) is -1.39. The van der Waals surface area contributed by atoms with Crippen LogP contribution in [0.2, 0.25) is 0 Å². The summed E-state index contributed by atoms with van der Waals surface area (Å²) in [5.41, 5.74) is 0.180. The molecule has 18 heavy (non-hydrogen) atoms. The molecule has 0 amide bonds. The van der Waals surface area contributed by atoms with Crippen LogP contribution in [-0.2, 0) is 8.85 Å². The van der Waals surface area contributed by atoms with E-state index in [9.17, 15) is 0 Å². The molecule has 0 aromatic heterocycles. The molecule has 2 N–H and O–H groups in total. The van der Waals surface area contributed by atoms with Crippen molar-refractivity contribution in [2.75, 3.05) is 39.5 Å². The van der Waals surface area contributed by atoms with Crippen molar-refractivity contribution < 1.29 is 19.1 Å². The molecule has 6 heteroatoms. The molecule has 109 valence electrons. The lowest BCUT2D eigenvalue weighted by atomic mass is 10.3. The van der Waals surface area contributed by atoms with Gasteiger partial charge in [-0.1, -0.05) is 13.3 Å². The summed E-state index contributed by atoms with van der Waals surface area (Å²) >= 11 is 0. The van der Waals surface area contributed by atoms with Gasteiger partial charge in [0.15, 0.2) is 0 Å². The summed E-state index contributed by atoms with van der Waals surface area (Å²) in [5.74, 6) is 0. The second-order valence-corrected chi connectivity index (χ2v) is 5.85. The van der Waals surface area contributed by atoms with Gasteiger partial charge in [-0.25, -0.2) is 0 Å². The summed E-state index contributed by atoms with van der Waals surface area (Å²) in [5, 5.41) is 18.3. The van der Waals surface area contributed by atoms with Crippen LogP contribution < -0.4 is 0 Å². The van der Waals surface area contributed by atoms with Gasteiger partial charge in [-0.15, -0.1) is 0 Å². The largest absolute Gasteiger partial charge is 0.403 e. The minimum Gasteiger partial charge on any atom is -0.395 e. The molecule has 0 fully saturated rings. The molecule has 0 aliphatic rings. The summed E-state index contributed by atoms with van der Waals surface area (Å²) in [6.45, 7) is 8.63. The number of hydrogen-bond acceptors (Lipinski definition) is 5. The highest BCUT2D eigenvalue weighted by atomic mass is 28.3. The molecular formula is C12H28NO4Si. The first-order valence-corrected chi connectivity index (χ1v) is 8.22. The van der Waals surface area contributed by atoms with Gasteiger partial charge in [0, 0.05) is 26.3 Å². The summed E-state index contributed by atoms with van der Waals surface area (Å²) in [4.78, 5) is 2.09. The first-order valence-electron chi connectivity index (χ1n) is 6.83. The summed E-state index contributed by atoms with van der Waals surface area (Å²) in [6.07, 6.45) is 2.00. The maximum absolute atomic E-state index is 9.13. The highest BCUT2D eigenvalue weighted by Gasteiger charge is 2.32. The van der Waals surface area contributed by atoms with Crippen molar-refractivity contribution in [3.05, 3.63) is 0 Å². The van der Waals surface area contributed by atoms with Gasteiger partial charge in [0.1, 0.15) is 0 Å². The molecule has 1 radical (unpaired) electrons. The van der Waals surface area contributed by atoms with E-state index < -0.39 is 9.28 Å². The summed E-state index contributed by atoms with van der Waals surface area (Å²) < 4.78 is 11.5. The highest BCUT2D eigenvalue weighted by Crippen LogP contribution is 2.13. The summed E-state index contributed by atoms with van der Waals surface area (Å²) in [6, 6.07) is 0. The molecule has 0 spiro atoms. The van der Waals surface area contributed by atoms with Crippen LogP contribution in [0, 0.1) is 0 Å². The minimum atomic E-state index is -1.39. The normalized spacial score (nSPS) is 13.5. The van der Waals surface area contributed by atoms with Crippen LogP contribution in [0.3, 0.4) is 0 Å². The average molecular weight is 278 g/mol. The second kappa shape index (κ2) is 12.1. The number of hydrogen-bond donors (Lipinski definition) is 2. The molecule has 0 aromatic rings. The van der Waals surface area contributed by atoms with Crippen LogP contribution in [0.5, 0.6) is 0 Å². The van der Waals surface area contributed by atoms with Gasteiger partial charge in [-0.05, 0) is 20.3 Å². The van der Waals surface area contributed by atoms with Gasteiger partial charge >= 0.3 is 9.28 Å². The Balaban J connectivity index is 4.69. The van der Waals surface area contributed by atoms with Crippen LogP contribution in [0.25, 0.3) is 0 Å². The fraction of sp³-hybridized carbons (Fsp3) is 1.00. The van der Waals surface area contributed by atoms with Crippen LogP contribution >= 0.6 is 0 Å². The van der Waals surface area contributed by atoms with Crippen molar-refractivity contribution in [2.24, 2.45) is 0 Å². The molecule has 1 atom stereocenters. The third-order valence-corrected chi connectivity index (χ3v) is 4.97. The Labute approximate surface area is 113 Å². The Hall–Kier alpha value is 0.0169. The van der Waals surface area contributed by atoms with Gasteiger partial charge < -0.3 is 19.1 Å². The van der Waals surface area contributed by atoms with Crippen LogP contribution in [-0.4, -0.2) is 69.6 Å². The Kier molecular flexibility index (Phi) is 12.1. The Bertz CT molecular complexity index is 157. The monoisotopic (exact) mass is 278 g/mol. The Morgan fingerprint density at radius 3 is 1.83 bits per heavy atom.